The van der Waals surface area contributed by atoms with Gasteiger partial charge in [0, 0.05) is 18.8 Å². The van der Waals surface area contributed by atoms with E-state index in [1.54, 1.807) is 4.90 Å². The Morgan fingerprint density at radius 3 is 3.24 bits per heavy atom. The summed E-state index contributed by atoms with van der Waals surface area (Å²) in [6, 6.07) is 4.91. The molecule has 1 aliphatic rings. The molecule has 7 heteroatoms. The standard InChI is InChI=1S/C10H10N4O3/c11-6-8-7-13(4-5-17-8)10-9(14(15)16)2-1-3-12-10/h1-3,8H,4-5,7H2. The maximum Gasteiger partial charge on any atom is 0.311 e. The molecule has 1 unspecified atom stereocenters. The minimum absolute atomic E-state index is 0.0499. The SMILES string of the molecule is N#CC1CN(c2ncccc2[N+](=O)[O-])CCO1. The zero-order chi connectivity index (χ0) is 12.3. The quantitative estimate of drug-likeness (QED) is 0.553. The lowest BCUT2D eigenvalue weighted by molar-refractivity contribution is -0.384. The Morgan fingerprint density at radius 2 is 2.53 bits per heavy atom. The smallest absolute Gasteiger partial charge is 0.311 e. The van der Waals surface area contributed by atoms with Crippen LogP contribution in [0.3, 0.4) is 0 Å². The molecule has 0 aliphatic carbocycles. The molecule has 17 heavy (non-hydrogen) atoms. The Hall–Kier alpha value is -2.20. The van der Waals surface area contributed by atoms with Crippen LogP contribution in [-0.4, -0.2) is 35.7 Å². The van der Waals surface area contributed by atoms with Gasteiger partial charge in [-0.1, -0.05) is 0 Å². The van der Waals surface area contributed by atoms with E-state index in [1.165, 1.54) is 18.3 Å². The van der Waals surface area contributed by atoms with Crippen LogP contribution in [0.5, 0.6) is 0 Å². The highest BCUT2D eigenvalue weighted by molar-refractivity contribution is 5.57. The molecule has 88 valence electrons. The number of nitro groups is 1. The van der Waals surface area contributed by atoms with E-state index in [1.807, 2.05) is 6.07 Å². The summed E-state index contributed by atoms with van der Waals surface area (Å²) in [6.07, 6.45) is 0.935. The van der Waals surface area contributed by atoms with E-state index in [4.69, 9.17) is 10.00 Å². The fourth-order valence-electron chi connectivity index (χ4n) is 1.69. The zero-order valence-electron chi connectivity index (χ0n) is 8.94. The van der Waals surface area contributed by atoms with E-state index in [0.717, 1.165) is 0 Å². The molecule has 2 heterocycles. The van der Waals surface area contributed by atoms with Crippen molar-refractivity contribution in [2.24, 2.45) is 0 Å². The Bertz CT molecular complexity index is 471. The first-order chi connectivity index (χ1) is 8.22. The normalized spacial score (nSPS) is 19.7. The molecule has 7 nitrogen and oxygen atoms in total. The van der Waals surface area contributed by atoms with Crippen LogP contribution in [0.25, 0.3) is 0 Å². The molecule has 0 aromatic carbocycles. The summed E-state index contributed by atoms with van der Waals surface area (Å²) in [5, 5.41) is 19.6. The molecule has 0 N–H and O–H groups in total. The van der Waals surface area contributed by atoms with E-state index >= 15 is 0 Å². The van der Waals surface area contributed by atoms with Crippen LogP contribution >= 0.6 is 0 Å². The highest BCUT2D eigenvalue weighted by Gasteiger charge is 2.26. The van der Waals surface area contributed by atoms with Crippen molar-refractivity contribution in [3.8, 4) is 6.07 Å². The summed E-state index contributed by atoms with van der Waals surface area (Å²) >= 11 is 0. The summed E-state index contributed by atoms with van der Waals surface area (Å²) in [5.74, 6) is 0.293. The average Bonchev–Trinajstić information content (AvgIpc) is 2.39. The summed E-state index contributed by atoms with van der Waals surface area (Å²) in [7, 11) is 0. The number of nitriles is 1. The van der Waals surface area contributed by atoms with E-state index in [0.29, 0.717) is 25.5 Å². The summed E-state index contributed by atoms with van der Waals surface area (Å²) in [5.41, 5.74) is -0.0499. The van der Waals surface area contributed by atoms with Crippen molar-refractivity contribution >= 4 is 11.5 Å². The van der Waals surface area contributed by atoms with Crippen LogP contribution in [0.4, 0.5) is 11.5 Å². The van der Waals surface area contributed by atoms with Gasteiger partial charge in [0.15, 0.2) is 6.10 Å². The van der Waals surface area contributed by atoms with E-state index < -0.39 is 11.0 Å². The number of anilines is 1. The van der Waals surface area contributed by atoms with Gasteiger partial charge in [-0.3, -0.25) is 10.1 Å². The summed E-state index contributed by atoms with van der Waals surface area (Å²) < 4.78 is 5.18. The van der Waals surface area contributed by atoms with Gasteiger partial charge in [-0.2, -0.15) is 5.26 Å². The maximum atomic E-state index is 10.9. The van der Waals surface area contributed by atoms with Gasteiger partial charge in [0.1, 0.15) is 0 Å². The van der Waals surface area contributed by atoms with Gasteiger partial charge in [0.2, 0.25) is 5.82 Å². The van der Waals surface area contributed by atoms with Crippen molar-refractivity contribution < 1.29 is 9.66 Å². The Kier molecular flexibility index (Phi) is 3.16. The number of rotatable bonds is 2. The molecule has 1 atom stereocenters. The third-order valence-electron chi connectivity index (χ3n) is 2.47. The molecule has 0 spiro atoms. The molecule has 1 aromatic rings. The largest absolute Gasteiger partial charge is 0.360 e. The van der Waals surface area contributed by atoms with E-state index in [9.17, 15) is 10.1 Å². The van der Waals surface area contributed by atoms with Crippen LogP contribution in [0, 0.1) is 21.4 Å². The Labute approximate surface area is 97.4 Å². The van der Waals surface area contributed by atoms with Crippen molar-refractivity contribution in [1.82, 2.24) is 4.98 Å². The zero-order valence-corrected chi connectivity index (χ0v) is 8.94. The van der Waals surface area contributed by atoms with Crippen molar-refractivity contribution in [3.05, 3.63) is 28.4 Å². The highest BCUT2D eigenvalue weighted by Crippen LogP contribution is 2.26. The van der Waals surface area contributed by atoms with E-state index in [2.05, 4.69) is 4.98 Å². The fraction of sp³-hybridized carbons (Fsp3) is 0.400. The van der Waals surface area contributed by atoms with Gasteiger partial charge in [-0.05, 0) is 6.07 Å². The van der Waals surface area contributed by atoms with Gasteiger partial charge < -0.3 is 9.64 Å². The summed E-state index contributed by atoms with van der Waals surface area (Å²) in [4.78, 5) is 16.1. The van der Waals surface area contributed by atoms with Crippen molar-refractivity contribution in [1.29, 1.82) is 5.26 Å². The van der Waals surface area contributed by atoms with Gasteiger partial charge >= 0.3 is 5.69 Å². The second-order valence-electron chi connectivity index (χ2n) is 3.54. The van der Waals surface area contributed by atoms with Crippen LogP contribution in [0.2, 0.25) is 0 Å². The predicted octanol–water partition coefficient (Wildman–Crippen LogP) is 0.719. The monoisotopic (exact) mass is 234 g/mol. The number of ether oxygens (including phenoxy) is 1. The number of nitrogens with zero attached hydrogens (tertiary/aromatic N) is 4. The van der Waals surface area contributed by atoms with Crippen LogP contribution < -0.4 is 4.90 Å². The lowest BCUT2D eigenvalue weighted by Crippen LogP contribution is -2.42. The number of morpholine rings is 1. The second kappa shape index (κ2) is 4.76. The first kappa shape index (κ1) is 11.3. The molecule has 1 fully saturated rings. The lowest BCUT2D eigenvalue weighted by Gasteiger charge is -2.30. The topological polar surface area (TPSA) is 92.3 Å². The average molecular weight is 234 g/mol. The number of hydrogen-bond acceptors (Lipinski definition) is 6. The maximum absolute atomic E-state index is 10.9. The molecular formula is C10H10N4O3. The minimum atomic E-state index is -0.564. The first-order valence-corrected chi connectivity index (χ1v) is 5.08. The highest BCUT2D eigenvalue weighted by atomic mass is 16.6. The molecule has 1 aliphatic heterocycles. The van der Waals surface area contributed by atoms with Crippen LogP contribution in [-0.2, 0) is 4.74 Å². The fourth-order valence-corrected chi connectivity index (χ4v) is 1.69. The lowest BCUT2D eigenvalue weighted by atomic mass is 10.2. The molecule has 0 saturated carbocycles. The van der Waals surface area contributed by atoms with Crippen molar-refractivity contribution in [2.45, 2.75) is 6.10 Å². The Morgan fingerprint density at radius 1 is 1.71 bits per heavy atom. The number of pyridine rings is 1. The molecule has 0 bridgehead atoms. The molecular weight excluding hydrogens is 224 g/mol. The van der Waals surface area contributed by atoms with Gasteiger partial charge in [-0.25, -0.2) is 4.98 Å². The predicted molar refractivity (Wildman–Crippen MR) is 58.5 cm³/mol. The van der Waals surface area contributed by atoms with Crippen molar-refractivity contribution in [3.63, 3.8) is 0 Å². The molecule has 0 radical (unpaired) electrons. The molecule has 2 rings (SSSR count). The van der Waals surface area contributed by atoms with Crippen molar-refractivity contribution in [2.75, 3.05) is 24.6 Å². The Balaban J connectivity index is 2.28. The van der Waals surface area contributed by atoms with Crippen LogP contribution in [0.15, 0.2) is 18.3 Å². The minimum Gasteiger partial charge on any atom is -0.360 e. The number of aromatic nitrogens is 1. The third kappa shape index (κ3) is 2.32. The van der Waals surface area contributed by atoms with Gasteiger partial charge in [-0.15, -0.1) is 0 Å². The van der Waals surface area contributed by atoms with Crippen LogP contribution in [0.1, 0.15) is 0 Å². The van der Waals surface area contributed by atoms with E-state index in [-0.39, 0.29) is 5.69 Å². The third-order valence-corrected chi connectivity index (χ3v) is 2.47. The number of hydrogen-bond donors (Lipinski definition) is 0. The van der Waals surface area contributed by atoms with Gasteiger partial charge in [0.05, 0.1) is 24.1 Å². The van der Waals surface area contributed by atoms with Gasteiger partial charge in [0.25, 0.3) is 0 Å². The first-order valence-electron chi connectivity index (χ1n) is 5.08. The molecule has 1 aromatic heterocycles. The molecule has 0 amide bonds. The second-order valence-corrected chi connectivity index (χ2v) is 3.54. The molecule has 1 saturated heterocycles. The summed E-state index contributed by atoms with van der Waals surface area (Å²) in [6.45, 7) is 1.16.